The van der Waals surface area contributed by atoms with Crippen molar-refractivity contribution < 1.29 is 14.3 Å². The normalized spacial score (nSPS) is 16.9. The van der Waals surface area contributed by atoms with E-state index in [1.165, 1.54) is 0 Å². The molecule has 1 aliphatic rings. The van der Waals surface area contributed by atoms with Crippen LogP contribution in [0.2, 0.25) is 0 Å². The molecule has 1 aliphatic heterocycles. The predicted octanol–water partition coefficient (Wildman–Crippen LogP) is 4.84. The van der Waals surface area contributed by atoms with Crippen molar-refractivity contribution in [2.75, 3.05) is 20.8 Å². The largest absolute Gasteiger partial charge is 0.497 e. The van der Waals surface area contributed by atoms with Crippen LogP contribution in [-0.4, -0.2) is 31.6 Å². The van der Waals surface area contributed by atoms with Gasteiger partial charge in [0, 0.05) is 22.7 Å². The van der Waals surface area contributed by atoms with Gasteiger partial charge in [0.2, 0.25) is 5.91 Å². The third-order valence-electron chi connectivity index (χ3n) is 4.60. The molecule has 5 heteroatoms. The molecule has 1 atom stereocenters. The van der Waals surface area contributed by atoms with Gasteiger partial charge >= 0.3 is 0 Å². The van der Waals surface area contributed by atoms with Crippen molar-refractivity contribution in [1.82, 2.24) is 4.90 Å². The highest BCUT2D eigenvalue weighted by Gasteiger charge is 2.31. The van der Waals surface area contributed by atoms with E-state index in [1.807, 2.05) is 53.4 Å². The van der Waals surface area contributed by atoms with E-state index in [0.717, 1.165) is 46.5 Å². The van der Waals surface area contributed by atoms with E-state index in [-0.39, 0.29) is 11.9 Å². The fourth-order valence-electron chi connectivity index (χ4n) is 3.33. The molecule has 1 unspecified atom stereocenters. The summed E-state index contributed by atoms with van der Waals surface area (Å²) in [6.45, 7) is 0.743. The quantitative estimate of drug-likeness (QED) is 0.655. The number of ether oxygens (including phenoxy) is 2. The highest BCUT2D eigenvalue weighted by atomic mass is 79.9. The number of rotatable bonds is 5. The summed E-state index contributed by atoms with van der Waals surface area (Å²) in [7, 11) is 3.30. The maximum absolute atomic E-state index is 12.8. The molecule has 3 rings (SSSR count). The molecule has 0 radical (unpaired) electrons. The van der Waals surface area contributed by atoms with E-state index in [0.29, 0.717) is 0 Å². The van der Waals surface area contributed by atoms with Crippen molar-refractivity contribution in [1.29, 1.82) is 0 Å². The van der Waals surface area contributed by atoms with Crippen molar-refractivity contribution in [3.05, 3.63) is 64.1 Å². The number of nitrogens with zero attached hydrogens (tertiary/aromatic N) is 1. The summed E-state index contributed by atoms with van der Waals surface area (Å²) < 4.78 is 11.9. The summed E-state index contributed by atoms with van der Waals surface area (Å²) in [6, 6.07) is 13.6. The van der Waals surface area contributed by atoms with Crippen LogP contribution < -0.4 is 9.47 Å². The molecule has 2 aromatic carbocycles. The van der Waals surface area contributed by atoms with Crippen molar-refractivity contribution in [3.8, 4) is 11.5 Å². The lowest BCUT2D eigenvalue weighted by atomic mass is 10.0. The summed E-state index contributed by atoms with van der Waals surface area (Å²) in [5, 5.41) is 0. The van der Waals surface area contributed by atoms with Crippen LogP contribution in [0, 0.1) is 0 Å². The van der Waals surface area contributed by atoms with Gasteiger partial charge in [-0.15, -0.1) is 0 Å². The second-order valence-corrected chi connectivity index (χ2v) is 7.10. The number of likely N-dealkylation sites (tertiary alicyclic amines) is 1. The molecule has 26 heavy (non-hydrogen) atoms. The van der Waals surface area contributed by atoms with Crippen LogP contribution in [0.25, 0.3) is 6.08 Å². The van der Waals surface area contributed by atoms with Crippen molar-refractivity contribution >= 4 is 27.9 Å². The second-order valence-electron chi connectivity index (χ2n) is 6.19. The first-order valence-corrected chi connectivity index (χ1v) is 9.38. The number of hydrogen-bond donors (Lipinski definition) is 0. The lowest BCUT2D eigenvalue weighted by Gasteiger charge is -2.25. The lowest BCUT2D eigenvalue weighted by Crippen LogP contribution is -2.29. The Bertz CT molecular complexity index is 819. The van der Waals surface area contributed by atoms with Gasteiger partial charge in [0.25, 0.3) is 0 Å². The van der Waals surface area contributed by atoms with E-state index >= 15 is 0 Å². The Labute approximate surface area is 162 Å². The number of carbonyl (C=O) groups is 1. The minimum atomic E-state index is -0.000269. The molecule has 0 spiro atoms. The summed E-state index contributed by atoms with van der Waals surface area (Å²) in [6.07, 6.45) is 5.39. The van der Waals surface area contributed by atoms with Crippen LogP contribution in [0.4, 0.5) is 0 Å². The molecule has 2 aromatic rings. The molecule has 1 heterocycles. The average molecular weight is 416 g/mol. The fraction of sp³-hybridized carbons (Fsp3) is 0.286. The van der Waals surface area contributed by atoms with Gasteiger partial charge in [0.05, 0.1) is 20.3 Å². The van der Waals surface area contributed by atoms with Crippen LogP contribution in [0.1, 0.15) is 30.0 Å². The summed E-state index contributed by atoms with van der Waals surface area (Å²) in [5.41, 5.74) is 1.98. The van der Waals surface area contributed by atoms with Crippen LogP contribution in [0.3, 0.4) is 0 Å². The van der Waals surface area contributed by atoms with Crippen LogP contribution in [-0.2, 0) is 4.79 Å². The Morgan fingerprint density at radius 2 is 2.04 bits per heavy atom. The molecule has 1 amide bonds. The molecular weight excluding hydrogens is 394 g/mol. The third kappa shape index (κ3) is 4.10. The van der Waals surface area contributed by atoms with E-state index in [2.05, 4.69) is 15.9 Å². The lowest BCUT2D eigenvalue weighted by molar-refractivity contribution is -0.126. The summed E-state index contributed by atoms with van der Waals surface area (Å²) in [4.78, 5) is 14.7. The highest BCUT2D eigenvalue weighted by Crippen LogP contribution is 2.39. The SMILES string of the molecule is COc1ccc(OC)c(C2CCCN2C(=O)/C=C/c2cccc(Br)c2)c1. The van der Waals surface area contributed by atoms with Gasteiger partial charge in [0.15, 0.2) is 0 Å². The van der Waals surface area contributed by atoms with Crippen molar-refractivity contribution in [3.63, 3.8) is 0 Å². The number of hydrogen-bond acceptors (Lipinski definition) is 3. The molecule has 0 aliphatic carbocycles. The van der Waals surface area contributed by atoms with Gasteiger partial charge in [-0.3, -0.25) is 4.79 Å². The van der Waals surface area contributed by atoms with Gasteiger partial charge in [-0.25, -0.2) is 0 Å². The van der Waals surface area contributed by atoms with Gasteiger partial charge in [0.1, 0.15) is 11.5 Å². The Hall–Kier alpha value is -2.27. The molecule has 0 saturated carbocycles. The van der Waals surface area contributed by atoms with Gasteiger partial charge in [-0.1, -0.05) is 28.1 Å². The molecule has 136 valence electrons. The zero-order valence-electron chi connectivity index (χ0n) is 14.9. The minimum absolute atomic E-state index is 0.000269. The van der Waals surface area contributed by atoms with E-state index in [4.69, 9.17) is 9.47 Å². The maximum atomic E-state index is 12.8. The van der Waals surface area contributed by atoms with Crippen molar-refractivity contribution in [2.45, 2.75) is 18.9 Å². The number of amides is 1. The Morgan fingerprint density at radius 3 is 2.77 bits per heavy atom. The monoisotopic (exact) mass is 415 g/mol. The van der Waals surface area contributed by atoms with E-state index in [1.54, 1.807) is 20.3 Å². The molecule has 1 fully saturated rings. The molecular formula is C21H22BrNO3. The number of benzene rings is 2. The molecule has 1 saturated heterocycles. The predicted molar refractivity (Wildman–Crippen MR) is 106 cm³/mol. The van der Waals surface area contributed by atoms with Crippen molar-refractivity contribution in [2.24, 2.45) is 0 Å². The third-order valence-corrected chi connectivity index (χ3v) is 5.09. The maximum Gasteiger partial charge on any atom is 0.247 e. The minimum Gasteiger partial charge on any atom is -0.497 e. The zero-order chi connectivity index (χ0) is 18.5. The van der Waals surface area contributed by atoms with Gasteiger partial charge < -0.3 is 14.4 Å². The first kappa shape index (κ1) is 18.5. The topological polar surface area (TPSA) is 38.8 Å². The first-order valence-electron chi connectivity index (χ1n) is 8.58. The molecule has 0 aromatic heterocycles. The number of methoxy groups -OCH3 is 2. The van der Waals surface area contributed by atoms with Gasteiger partial charge in [-0.05, 0) is 54.8 Å². The standard InChI is InChI=1S/C21H22BrNO3/c1-25-17-9-10-20(26-2)18(14-17)19-7-4-12-23(19)21(24)11-8-15-5-3-6-16(22)13-15/h3,5-6,8-11,13-14,19H,4,7,12H2,1-2H3/b11-8+. The zero-order valence-corrected chi connectivity index (χ0v) is 16.5. The Balaban J connectivity index is 1.83. The average Bonchev–Trinajstić information content (AvgIpc) is 3.15. The molecule has 0 bridgehead atoms. The molecule has 0 N–H and O–H groups in total. The summed E-state index contributed by atoms with van der Waals surface area (Å²) >= 11 is 3.45. The smallest absolute Gasteiger partial charge is 0.247 e. The summed E-state index contributed by atoms with van der Waals surface area (Å²) in [5.74, 6) is 1.56. The van der Waals surface area contributed by atoms with E-state index in [9.17, 15) is 4.79 Å². The van der Waals surface area contributed by atoms with E-state index < -0.39 is 0 Å². The van der Waals surface area contributed by atoms with Crippen LogP contribution >= 0.6 is 15.9 Å². The van der Waals surface area contributed by atoms with Crippen LogP contribution in [0.5, 0.6) is 11.5 Å². The first-order chi connectivity index (χ1) is 12.6. The highest BCUT2D eigenvalue weighted by molar-refractivity contribution is 9.10. The Morgan fingerprint density at radius 1 is 1.19 bits per heavy atom. The number of halogens is 1. The fourth-order valence-corrected chi connectivity index (χ4v) is 3.74. The molecule has 4 nitrogen and oxygen atoms in total. The number of carbonyl (C=O) groups excluding carboxylic acids is 1. The Kier molecular flexibility index (Phi) is 5.99. The second kappa shape index (κ2) is 8.41. The van der Waals surface area contributed by atoms with Crippen LogP contribution in [0.15, 0.2) is 53.0 Å². The van der Waals surface area contributed by atoms with Gasteiger partial charge in [-0.2, -0.15) is 0 Å².